The summed E-state index contributed by atoms with van der Waals surface area (Å²) in [5.41, 5.74) is 5.93. The number of nitrogens with one attached hydrogen (secondary N) is 2. The Kier molecular flexibility index (Phi) is 8.33. The summed E-state index contributed by atoms with van der Waals surface area (Å²) >= 11 is 0. The fourth-order valence-corrected chi connectivity index (χ4v) is 3.06. The minimum atomic E-state index is -0.604. The number of phenols is 1. The van der Waals surface area contributed by atoms with Crippen molar-refractivity contribution in [3.63, 3.8) is 0 Å². The third kappa shape index (κ3) is 6.79. The van der Waals surface area contributed by atoms with Crippen LogP contribution in [0.25, 0.3) is 0 Å². The zero-order valence-corrected chi connectivity index (χ0v) is 19.3. The van der Waals surface area contributed by atoms with Crippen molar-refractivity contribution >= 4 is 35.6 Å². The molecule has 0 radical (unpaired) electrons. The lowest BCUT2D eigenvalue weighted by Crippen LogP contribution is -2.18. The molecule has 3 N–H and O–H groups in total. The Labute approximate surface area is 209 Å². The van der Waals surface area contributed by atoms with Gasteiger partial charge in [-0.05, 0) is 48.4 Å². The van der Waals surface area contributed by atoms with E-state index in [1.54, 1.807) is 12.1 Å². The Morgan fingerprint density at radius 3 is 1.51 bits per heavy atom. The maximum atomic E-state index is 12.2. The van der Waals surface area contributed by atoms with Gasteiger partial charge in [0.15, 0.2) is 0 Å². The van der Waals surface area contributed by atoms with E-state index in [1.165, 1.54) is 61.0 Å². The van der Waals surface area contributed by atoms with E-state index in [2.05, 4.69) is 21.1 Å². The Morgan fingerprint density at radius 2 is 1.19 bits per heavy atom. The molecule has 3 aromatic rings. The molecule has 2 amide bonds. The second-order valence-electron chi connectivity index (χ2n) is 7.48. The number of hydrazone groups is 2. The molecule has 0 saturated carbocycles. The van der Waals surface area contributed by atoms with Crippen molar-refractivity contribution in [1.29, 1.82) is 0 Å². The number of nitro benzene ring substituents is 2. The molecule has 0 aliphatic carbocycles. The molecular weight excluding hydrogens is 484 g/mol. The number of aromatic hydroxyl groups is 1. The molecule has 0 atom stereocenters. The summed E-state index contributed by atoms with van der Waals surface area (Å²) in [4.78, 5) is 44.7. The van der Waals surface area contributed by atoms with Crippen LogP contribution in [0.15, 0.2) is 70.9 Å². The molecule has 13 nitrogen and oxygen atoms in total. The van der Waals surface area contributed by atoms with Crippen molar-refractivity contribution in [2.24, 2.45) is 10.2 Å². The standard InChI is InChI=1S/C24H20N6O7/c1-2-15-11-18(13-25-27-23(32)16-3-7-20(8-4-16)29(34)35)22(31)19(12-15)14-26-28-24(33)17-5-9-21(10-6-17)30(36)37/h3-14,31H,2H2,1H3,(H,27,32)(H,28,33). The topological polar surface area (TPSA) is 189 Å². The van der Waals surface area contributed by atoms with Crippen LogP contribution in [0.2, 0.25) is 0 Å². The fourth-order valence-electron chi connectivity index (χ4n) is 3.06. The van der Waals surface area contributed by atoms with Gasteiger partial charge in [-0.1, -0.05) is 6.92 Å². The van der Waals surface area contributed by atoms with Gasteiger partial charge in [0.1, 0.15) is 5.75 Å². The van der Waals surface area contributed by atoms with Crippen molar-refractivity contribution in [3.05, 3.63) is 109 Å². The predicted octanol–water partition coefficient (Wildman–Crippen LogP) is 3.30. The van der Waals surface area contributed by atoms with Crippen LogP contribution >= 0.6 is 0 Å². The van der Waals surface area contributed by atoms with Crippen LogP contribution in [0.4, 0.5) is 11.4 Å². The molecule has 0 heterocycles. The summed E-state index contributed by atoms with van der Waals surface area (Å²) in [7, 11) is 0. The number of nitro groups is 2. The number of rotatable bonds is 9. The average molecular weight is 504 g/mol. The number of nitrogens with zero attached hydrogens (tertiary/aromatic N) is 4. The van der Waals surface area contributed by atoms with Crippen LogP contribution < -0.4 is 10.9 Å². The zero-order chi connectivity index (χ0) is 26.9. The summed E-state index contributed by atoms with van der Waals surface area (Å²) in [6.45, 7) is 1.89. The smallest absolute Gasteiger partial charge is 0.271 e. The fraction of sp³-hybridized carbons (Fsp3) is 0.0833. The Bertz CT molecular complexity index is 1300. The molecule has 188 valence electrons. The first-order valence-corrected chi connectivity index (χ1v) is 10.7. The predicted molar refractivity (Wildman–Crippen MR) is 134 cm³/mol. The highest BCUT2D eigenvalue weighted by Gasteiger charge is 2.11. The van der Waals surface area contributed by atoms with Gasteiger partial charge in [-0.15, -0.1) is 0 Å². The number of phenolic OH excluding ortho intramolecular Hbond substituents is 1. The lowest BCUT2D eigenvalue weighted by atomic mass is 10.0. The van der Waals surface area contributed by atoms with E-state index >= 15 is 0 Å². The van der Waals surface area contributed by atoms with Gasteiger partial charge in [-0.2, -0.15) is 10.2 Å². The lowest BCUT2D eigenvalue weighted by Gasteiger charge is -2.07. The Balaban J connectivity index is 1.70. The molecule has 0 unspecified atom stereocenters. The normalized spacial score (nSPS) is 10.9. The summed E-state index contributed by atoms with van der Waals surface area (Å²) in [5.74, 6) is -1.42. The second-order valence-corrected chi connectivity index (χ2v) is 7.48. The number of carbonyl (C=O) groups is 2. The maximum Gasteiger partial charge on any atom is 0.271 e. The molecule has 0 bridgehead atoms. The summed E-state index contributed by atoms with van der Waals surface area (Å²) in [6, 6.07) is 13.3. The van der Waals surface area contributed by atoms with Gasteiger partial charge in [0.05, 0.1) is 22.3 Å². The van der Waals surface area contributed by atoms with E-state index in [1.807, 2.05) is 6.92 Å². The molecular formula is C24H20N6O7. The first-order chi connectivity index (χ1) is 17.7. The quantitative estimate of drug-likeness (QED) is 0.226. The number of carbonyl (C=O) groups excluding carboxylic acids is 2. The van der Waals surface area contributed by atoms with Crippen molar-refractivity contribution in [3.8, 4) is 5.75 Å². The van der Waals surface area contributed by atoms with Crippen molar-refractivity contribution in [2.45, 2.75) is 13.3 Å². The van der Waals surface area contributed by atoms with Gasteiger partial charge in [-0.25, -0.2) is 10.9 Å². The van der Waals surface area contributed by atoms with Gasteiger partial charge >= 0.3 is 0 Å². The molecule has 0 aliphatic rings. The third-order valence-corrected chi connectivity index (χ3v) is 5.06. The number of hydrogen-bond donors (Lipinski definition) is 3. The van der Waals surface area contributed by atoms with Crippen molar-refractivity contribution < 1.29 is 24.5 Å². The molecule has 0 saturated heterocycles. The van der Waals surface area contributed by atoms with E-state index in [0.717, 1.165) is 5.56 Å². The number of hydrogen-bond acceptors (Lipinski definition) is 9. The van der Waals surface area contributed by atoms with E-state index in [9.17, 15) is 34.9 Å². The SMILES string of the molecule is CCc1cc(C=NNC(=O)c2ccc([N+](=O)[O-])cc2)c(O)c(C=NNC(=O)c2ccc([N+](=O)[O-])cc2)c1. The second kappa shape index (κ2) is 11.8. The number of non-ortho nitro benzene ring substituents is 2. The van der Waals surface area contributed by atoms with Gasteiger partial charge in [0.2, 0.25) is 0 Å². The van der Waals surface area contributed by atoms with Crippen LogP contribution in [0.1, 0.15) is 44.3 Å². The van der Waals surface area contributed by atoms with Crippen LogP contribution in [-0.2, 0) is 6.42 Å². The van der Waals surface area contributed by atoms with Crippen LogP contribution in [0.3, 0.4) is 0 Å². The van der Waals surface area contributed by atoms with E-state index in [4.69, 9.17) is 0 Å². The highest BCUT2D eigenvalue weighted by atomic mass is 16.6. The first kappa shape index (κ1) is 26.2. The van der Waals surface area contributed by atoms with Gasteiger partial charge in [0, 0.05) is 46.5 Å². The average Bonchev–Trinajstić information content (AvgIpc) is 2.90. The highest BCUT2D eigenvalue weighted by molar-refractivity contribution is 5.97. The number of aryl methyl sites for hydroxylation is 1. The molecule has 0 aromatic heterocycles. The van der Waals surface area contributed by atoms with Crippen molar-refractivity contribution in [2.75, 3.05) is 0 Å². The Morgan fingerprint density at radius 1 is 0.811 bits per heavy atom. The van der Waals surface area contributed by atoms with Crippen LogP contribution in [0, 0.1) is 20.2 Å². The summed E-state index contributed by atoms with van der Waals surface area (Å²) in [6.07, 6.45) is 3.06. The minimum Gasteiger partial charge on any atom is -0.507 e. The number of amides is 2. The van der Waals surface area contributed by atoms with Crippen LogP contribution in [0.5, 0.6) is 5.75 Å². The lowest BCUT2D eigenvalue weighted by molar-refractivity contribution is -0.385. The third-order valence-electron chi connectivity index (χ3n) is 5.06. The molecule has 3 rings (SSSR count). The minimum absolute atomic E-state index is 0.153. The van der Waals surface area contributed by atoms with Crippen molar-refractivity contribution in [1.82, 2.24) is 10.9 Å². The van der Waals surface area contributed by atoms with E-state index in [-0.39, 0.29) is 39.4 Å². The maximum absolute atomic E-state index is 12.2. The molecule has 13 heteroatoms. The largest absolute Gasteiger partial charge is 0.507 e. The van der Waals surface area contributed by atoms with Gasteiger partial charge in [-0.3, -0.25) is 29.8 Å². The zero-order valence-electron chi connectivity index (χ0n) is 19.3. The molecule has 0 fully saturated rings. The van der Waals surface area contributed by atoms with E-state index < -0.39 is 21.7 Å². The molecule has 0 aliphatic heterocycles. The first-order valence-electron chi connectivity index (χ1n) is 10.7. The molecule has 3 aromatic carbocycles. The van der Waals surface area contributed by atoms with E-state index in [0.29, 0.717) is 6.42 Å². The summed E-state index contributed by atoms with van der Waals surface area (Å²) < 4.78 is 0. The Hall–Kier alpha value is -5.46. The van der Waals surface area contributed by atoms with Gasteiger partial charge in [0.25, 0.3) is 23.2 Å². The molecule has 37 heavy (non-hydrogen) atoms. The number of benzene rings is 3. The highest BCUT2D eigenvalue weighted by Crippen LogP contribution is 2.22. The van der Waals surface area contributed by atoms with Gasteiger partial charge < -0.3 is 5.11 Å². The summed E-state index contributed by atoms with van der Waals surface area (Å²) in [5, 5.41) is 39.7. The monoisotopic (exact) mass is 504 g/mol. The molecule has 0 spiro atoms. The van der Waals surface area contributed by atoms with Crippen LogP contribution in [-0.4, -0.2) is 39.2 Å².